The van der Waals surface area contributed by atoms with E-state index in [1.54, 1.807) is 6.26 Å². The van der Waals surface area contributed by atoms with E-state index in [1.807, 2.05) is 0 Å². The second kappa shape index (κ2) is 6.61. The molecule has 1 heterocycles. The van der Waals surface area contributed by atoms with E-state index >= 15 is 0 Å². The molecule has 6 nitrogen and oxygen atoms in total. The zero-order chi connectivity index (χ0) is 18.2. The normalized spacial score (nSPS) is 12.7. The number of anilines is 1. The van der Waals surface area contributed by atoms with Gasteiger partial charge in [-0.3, -0.25) is 0 Å². The van der Waals surface area contributed by atoms with Gasteiger partial charge in [0.15, 0.2) is 5.84 Å². The fraction of sp³-hybridized carbons (Fsp3) is 0.167. The first kappa shape index (κ1) is 18.6. The third kappa shape index (κ3) is 3.21. The van der Waals surface area contributed by atoms with Crippen molar-refractivity contribution in [2.45, 2.75) is 11.1 Å². The molecule has 0 unspecified atom stereocenters. The number of amidine groups is 1. The van der Waals surface area contributed by atoms with Crippen molar-refractivity contribution in [2.24, 2.45) is 16.7 Å². The van der Waals surface area contributed by atoms with Crippen molar-refractivity contribution in [3.05, 3.63) is 33.4 Å². The highest BCUT2D eigenvalue weighted by Gasteiger charge is 2.33. The number of alkyl halides is 3. The van der Waals surface area contributed by atoms with Gasteiger partial charge in [0.2, 0.25) is 0 Å². The first-order chi connectivity index (χ1) is 11.1. The number of hydrogen-bond acceptors (Lipinski definition) is 5. The summed E-state index contributed by atoms with van der Waals surface area (Å²) in [6, 6.07) is 1.48. The van der Waals surface area contributed by atoms with Crippen LogP contribution in [-0.4, -0.2) is 21.9 Å². The van der Waals surface area contributed by atoms with Gasteiger partial charge >= 0.3 is 6.18 Å². The summed E-state index contributed by atoms with van der Waals surface area (Å²) in [6.07, 6.45) is -2.88. The van der Waals surface area contributed by atoms with E-state index < -0.39 is 11.7 Å². The summed E-state index contributed by atoms with van der Waals surface area (Å²) in [5.41, 5.74) is 10.8. The summed E-state index contributed by atoms with van der Waals surface area (Å²) < 4.78 is 39.6. The summed E-state index contributed by atoms with van der Waals surface area (Å²) in [5, 5.41) is 6.92. The molecule has 0 amide bonds. The molecule has 2 aromatic rings. The van der Waals surface area contributed by atoms with Crippen molar-refractivity contribution < 1.29 is 13.2 Å². The lowest BCUT2D eigenvalue weighted by atomic mass is 10.2. The van der Waals surface area contributed by atoms with Crippen LogP contribution in [0.4, 0.5) is 19.0 Å². The smallest absolute Gasteiger partial charge is 0.383 e. The highest BCUT2D eigenvalue weighted by molar-refractivity contribution is 7.98. The van der Waals surface area contributed by atoms with Crippen molar-refractivity contribution >= 4 is 46.6 Å². The molecule has 0 aliphatic rings. The Hall–Kier alpha value is -1.78. The molecule has 0 saturated heterocycles. The highest BCUT2D eigenvalue weighted by atomic mass is 35.5. The maximum atomic E-state index is 12.8. The Kier molecular flexibility index (Phi) is 5.11. The van der Waals surface area contributed by atoms with E-state index in [0.29, 0.717) is 4.90 Å². The van der Waals surface area contributed by atoms with Crippen LogP contribution in [0.1, 0.15) is 11.3 Å². The Morgan fingerprint density at radius 1 is 1.29 bits per heavy atom. The van der Waals surface area contributed by atoms with Gasteiger partial charge in [-0.15, -0.1) is 11.8 Å². The molecule has 130 valence electrons. The van der Waals surface area contributed by atoms with Crippen LogP contribution in [0.3, 0.4) is 0 Å². The van der Waals surface area contributed by atoms with E-state index in [9.17, 15) is 13.2 Å². The minimum Gasteiger partial charge on any atom is -0.383 e. The average molecular weight is 399 g/mol. The van der Waals surface area contributed by atoms with E-state index in [2.05, 4.69) is 10.2 Å². The van der Waals surface area contributed by atoms with Crippen molar-refractivity contribution in [3.63, 3.8) is 0 Å². The maximum absolute atomic E-state index is 12.8. The van der Waals surface area contributed by atoms with Gasteiger partial charge in [0.1, 0.15) is 17.2 Å². The zero-order valence-electron chi connectivity index (χ0n) is 12.0. The third-order valence-electron chi connectivity index (χ3n) is 3.02. The minimum absolute atomic E-state index is 0.00444. The number of nitrogens with zero attached hydrogens (tertiary/aromatic N) is 3. The van der Waals surface area contributed by atoms with Gasteiger partial charge in [-0.2, -0.15) is 23.4 Å². The number of rotatable bonds is 3. The summed E-state index contributed by atoms with van der Waals surface area (Å²) in [7, 11) is 0. The van der Waals surface area contributed by atoms with Gasteiger partial charge in [-0.05, 0) is 18.4 Å². The maximum Gasteiger partial charge on any atom is 0.416 e. The molecule has 2 rings (SSSR count). The van der Waals surface area contributed by atoms with Crippen LogP contribution in [0.2, 0.25) is 10.0 Å². The third-order valence-corrected chi connectivity index (χ3v) is 4.40. The molecule has 6 N–H and O–H groups in total. The molecule has 0 aliphatic carbocycles. The van der Waals surface area contributed by atoms with Crippen LogP contribution in [0.15, 0.2) is 22.1 Å². The van der Waals surface area contributed by atoms with Crippen LogP contribution >= 0.6 is 35.0 Å². The van der Waals surface area contributed by atoms with Gasteiger partial charge in [-0.25, -0.2) is 4.68 Å². The van der Waals surface area contributed by atoms with E-state index in [-0.39, 0.29) is 33.1 Å². The molecular formula is C12H11Cl2F3N6S. The van der Waals surface area contributed by atoms with Gasteiger partial charge in [0, 0.05) is 0 Å². The molecule has 1 aromatic carbocycles. The van der Waals surface area contributed by atoms with Gasteiger partial charge in [0.05, 0.1) is 20.5 Å². The number of halogens is 5. The largest absolute Gasteiger partial charge is 0.416 e. The summed E-state index contributed by atoms with van der Waals surface area (Å²) in [5.74, 6) is 5.14. The molecule has 24 heavy (non-hydrogen) atoms. The average Bonchev–Trinajstić information content (AvgIpc) is 2.81. The number of hydrogen-bond donors (Lipinski definition) is 3. The molecule has 1 aromatic heterocycles. The number of benzene rings is 1. The Balaban J connectivity index is 2.72. The van der Waals surface area contributed by atoms with Gasteiger partial charge in [0.25, 0.3) is 0 Å². The van der Waals surface area contributed by atoms with E-state index in [4.69, 9.17) is 40.5 Å². The number of nitrogens with two attached hydrogens (primary N) is 3. The predicted molar refractivity (Wildman–Crippen MR) is 89.7 cm³/mol. The lowest BCUT2D eigenvalue weighted by molar-refractivity contribution is -0.137. The Morgan fingerprint density at radius 3 is 2.25 bits per heavy atom. The monoisotopic (exact) mass is 398 g/mol. The highest BCUT2D eigenvalue weighted by Crippen LogP contribution is 2.39. The Bertz CT molecular complexity index is 795. The second-order valence-corrected chi connectivity index (χ2v) is 6.11. The number of thioether (sulfide) groups is 1. The lowest BCUT2D eigenvalue weighted by Gasteiger charge is -2.13. The van der Waals surface area contributed by atoms with Crippen LogP contribution in [0.25, 0.3) is 5.69 Å². The first-order valence-corrected chi connectivity index (χ1v) is 8.12. The van der Waals surface area contributed by atoms with Crippen molar-refractivity contribution in [3.8, 4) is 5.69 Å². The quantitative estimate of drug-likeness (QED) is 0.242. The molecule has 0 aliphatic heterocycles. The molecule has 0 saturated carbocycles. The van der Waals surface area contributed by atoms with E-state index in [1.165, 1.54) is 11.8 Å². The standard InChI is InChI=1S/C12H11Cl2F3N6S/c1-24-9-7(10(18)21-20)22-23(11(9)19)8-5(13)2-4(3-6(8)14)12(15,16)17/h2-3H,19-20H2,1H3,(H2,18,21). The first-order valence-electron chi connectivity index (χ1n) is 6.14. The molecule has 0 radical (unpaired) electrons. The van der Waals surface area contributed by atoms with Crippen molar-refractivity contribution in [2.75, 3.05) is 12.0 Å². The molecule has 0 bridgehead atoms. The zero-order valence-corrected chi connectivity index (χ0v) is 14.4. The SMILES string of the molecule is CSc1c(/C(N)=N/N)nn(-c2c(Cl)cc(C(F)(F)F)cc2Cl)c1N. The van der Waals surface area contributed by atoms with Crippen LogP contribution in [0, 0.1) is 0 Å². The molecule has 12 heteroatoms. The van der Waals surface area contributed by atoms with Crippen molar-refractivity contribution in [1.29, 1.82) is 0 Å². The Morgan fingerprint density at radius 2 is 1.83 bits per heavy atom. The second-order valence-electron chi connectivity index (χ2n) is 4.48. The van der Waals surface area contributed by atoms with Crippen LogP contribution in [-0.2, 0) is 6.18 Å². The van der Waals surface area contributed by atoms with Crippen molar-refractivity contribution in [1.82, 2.24) is 9.78 Å². The fourth-order valence-corrected chi connectivity index (χ4v) is 3.23. The van der Waals surface area contributed by atoms with Crippen LogP contribution in [0.5, 0.6) is 0 Å². The Labute approximate surface area is 148 Å². The molecule has 0 fully saturated rings. The summed E-state index contributed by atoms with van der Waals surface area (Å²) in [6.45, 7) is 0. The predicted octanol–water partition coefficient (Wildman–Crippen LogP) is 3.08. The molecular weight excluding hydrogens is 388 g/mol. The fourth-order valence-electron chi connectivity index (χ4n) is 1.95. The number of aromatic nitrogens is 2. The molecule has 0 atom stereocenters. The minimum atomic E-state index is -4.59. The topological polar surface area (TPSA) is 108 Å². The van der Waals surface area contributed by atoms with Crippen LogP contribution < -0.4 is 17.3 Å². The summed E-state index contributed by atoms with van der Waals surface area (Å²) in [4.78, 5) is 0.439. The number of nitrogen functional groups attached to an aromatic ring is 1. The van der Waals surface area contributed by atoms with Gasteiger partial charge < -0.3 is 17.3 Å². The summed E-state index contributed by atoms with van der Waals surface area (Å²) >= 11 is 13.2. The van der Waals surface area contributed by atoms with Gasteiger partial charge in [-0.1, -0.05) is 23.2 Å². The lowest BCUT2D eigenvalue weighted by Crippen LogP contribution is -2.17. The van der Waals surface area contributed by atoms with E-state index in [0.717, 1.165) is 16.8 Å². The molecule has 0 spiro atoms. The number of hydrazone groups is 1.